The van der Waals surface area contributed by atoms with Gasteiger partial charge in [0.15, 0.2) is 11.5 Å². The van der Waals surface area contributed by atoms with Crippen LogP contribution in [0.5, 0.6) is 11.5 Å². The summed E-state index contributed by atoms with van der Waals surface area (Å²) >= 11 is 0. The van der Waals surface area contributed by atoms with E-state index < -0.39 is 5.82 Å². The maximum atomic E-state index is 13.9. The molecule has 0 aromatic heterocycles. The Hall–Kier alpha value is -1.86. The molecule has 116 valence electrons. The summed E-state index contributed by atoms with van der Waals surface area (Å²) in [4.78, 5) is 5.25. The monoisotopic (exact) mass is 297 g/mol. The Bertz CT molecular complexity index is 522. The molecule has 1 unspecified atom stereocenters. The highest BCUT2D eigenvalue weighted by Gasteiger charge is 2.21. The first-order valence-electron chi connectivity index (χ1n) is 6.69. The van der Waals surface area contributed by atoms with Crippen LogP contribution in [0.2, 0.25) is 0 Å². The van der Waals surface area contributed by atoms with Gasteiger partial charge in [-0.1, -0.05) is 5.16 Å². The van der Waals surface area contributed by atoms with Crippen molar-refractivity contribution in [2.45, 2.75) is 6.61 Å². The van der Waals surface area contributed by atoms with Gasteiger partial charge in [-0.25, -0.2) is 4.39 Å². The van der Waals surface area contributed by atoms with Crippen molar-refractivity contribution < 1.29 is 18.7 Å². The van der Waals surface area contributed by atoms with E-state index in [1.54, 1.807) is 6.07 Å². The highest BCUT2D eigenvalue weighted by atomic mass is 19.1. The summed E-state index contributed by atoms with van der Waals surface area (Å²) in [6.45, 7) is 1.98. The fourth-order valence-corrected chi connectivity index (χ4v) is 2.15. The predicted molar refractivity (Wildman–Crippen MR) is 77.1 cm³/mol. The normalized spacial score (nSPS) is 19.8. The number of methoxy groups -OCH3 is 2. The number of nitrogens with zero attached hydrogens (tertiary/aromatic N) is 1. The minimum atomic E-state index is -0.423. The molecular formula is C14H20FN3O3. The molecular weight excluding hydrogens is 277 g/mol. The number of halogens is 1. The summed E-state index contributed by atoms with van der Waals surface area (Å²) < 4.78 is 24.1. The molecule has 21 heavy (non-hydrogen) atoms. The molecule has 1 aromatic carbocycles. The molecule has 1 saturated heterocycles. The maximum Gasteiger partial charge on any atom is 0.163 e. The van der Waals surface area contributed by atoms with E-state index in [1.807, 2.05) is 0 Å². The second-order valence-corrected chi connectivity index (χ2v) is 4.72. The highest BCUT2D eigenvalue weighted by Crippen LogP contribution is 2.30. The van der Waals surface area contributed by atoms with E-state index in [9.17, 15) is 4.39 Å². The van der Waals surface area contributed by atoms with E-state index in [1.165, 1.54) is 20.3 Å². The van der Waals surface area contributed by atoms with Crippen LogP contribution in [-0.2, 0) is 11.4 Å². The number of rotatable bonds is 6. The fraction of sp³-hybridized carbons (Fsp3) is 0.500. The van der Waals surface area contributed by atoms with Crippen molar-refractivity contribution in [3.8, 4) is 11.5 Å². The zero-order chi connectivity index (χ0) is 15.2. The first-order valence-corrected chi connectivity index (χ1v) is 6.69. The molecule has 1 aliphatic heterocycles. The summed E-state index contributed by atoms with van der Waals surface area (Å²) in [7, 11) is 2.95. The van der Waals surface area contributed by atoms with E-state index in [2.05, 4.69) is 10.5 Å². The molecule has 0 aliphatic carbocycles. The van der Waals surface area contributed by atoms with Crippen LogP contribution in [-0.4, -0.2) is 39.6 Å². The Morgan fingerprint density at radius 1 is 1.33 bits per heavy atom. The molecule has 1 atom stereocenters. The topological polar surface area (TPSA) is 78.1 Å². The molecule has 7 heteroatoms. The summed E-state index contributed by atoms with van der Waals surface area (Å²) in [5.41, 5.74) is 6.85. The third-order valence-electron chi connectivity index (χ3n) is 3.41. The van der Waals surface area contributed by atoms with Crippen LogP contribution in [0.4, 0.5) is 4.39 Å². The van der Waals surface area contributed by atoms with Crippen molar-refractivity contribution in [3.05, 3.63) is 23.5 Å². The molecule has 6 nitrogen and oxygen atoms in total. The molecule has 0 amide bonds. The lowest BCUT2D eigenvalue weighted by Crippen LogP contribution is -2.22. The molecule has 0 saturated carbocycles. The van der Waals surface area contributed by atoms with Gasteiger partial charge in [-0.3, -0.25) is 0 Å². The number of hydrogen-bond acceptors (Lipinski definition) is 6. The second-order valence-electron chi connectivity index (χ2n) is 4.72. The van der Waals surface area contributed by atoms with Crippen LogP contribution in [0, 0.1) is 11.7 Å². The summed E-state index contributed by atoms with van der Waals surface area (Å²) in [6.07, 6.45) is 0. The van der Waals surface area contributed by atoms with Gasteiger partial charge in [0.1, 0.15) is 12.4 Å². The zero-order valence-electron chi connectivity index (χ0n) is 12.2. The smallest absolute Gasteiger partial charge is 0.163 e. The van der Waals surface area contributed by atoms with Crippen LogP contribution >= 0.6 is 0 Å². The van der Waals surface area contributed by atoms with Gasteiger partial charge in [-0.05, 0) is 6.07 Å². The van der Waals surface area contributed by atoms with Crippen molar-refractivity contribution in [2.24, 2.45) is 16.8 Å². The molecule has 0 spiro atoms. The summed E-state index contributed by atoms with van der Waals surface area (Å²) in [6, 6.07) is 2.81. The van der Waals surface area contributed by atoms with Crippen molar-refractivity contribution in [1.82, 2.24) is 5.32 Å². The third kappa shape index (κ3) is 3.62. The lowest BCUT2D eigenvalue weighted by atomic mass is 10.1. The van der Waals surface area contributed by atoms with Crippen LogP contribution in [0.25, 0.3) is 0 Å². The summed E-state index contributed by atoms with van der Waals surface area (Å²) in [5, 5.41) is 7.21. The number of oxime groups is 1. The SMILES string of the molecule is COc1cc(F)c(CO/N=C2\CNCC2CN)cc1OC. The molecule has 1 heterocycles. The summed E-state index contributed by atoms with van der Waals surface area (Å²) in [5.74, 6) is 0.550. The van der Waals surface area contributed by atoms with Gasteiger partial charge in [0.05, 0.1) is 19.9 Å². The Kier molecular flexibility index (Phi) is 5.35. The highest BCUT2D eigenvalue weighted by molar-refractivity contribution is 5.90. The lowest BCUT2D eigenvalue weighted by molar-refractivity contribution is 0.126. The first kappa shape index (κ1) is 15.5. The maximum absolute atomic E-state index is 13.9. The standard InChI is InChI=1S/C14H20FN3O3/c1-19-13-3-9(11(15)4-14(13)20-2)8-21-18-12-7-17-6-10(12)5-16/h3-4,10,17H,5-8,16H2,1-2H3/b18-12+. The Morgan fingerprint density at radius 2 is 2.05 bits per heavy atom. The average Bonchev–Trinajstić information content (AvgIpc) is 2.95. The van der Waals surface area contributed by atoms with E-state index in [0.717, 1.165) is 12.3 Å². The molecule has 1 aliphatic rings. The van der Waals surface area contributed by atoms with Crippen molar-refractivity contribution in [3.63, 3.8) is 0 Å². The number of nitrogens with one attached hydrogen (secondary N) is 1. The molecule has 1 fully saturated rings. The molecule has 0 bridgehead atoms. The lowest BCUT2D eigenvalue weighted by Gasteiger charge is -2.11. The number of ether oxygens (including phenoxy) is 2. The van der Waals surface area contributed by atoms with Gasteiger partial charge < -0.3 is 25.4 Å². The molecule has 2 rings (SSSR count). The van der Waals surface area contributed by atoms with Crippen LogP contribution in [0.3, 0.4) is 0 Å². The molecule has 0 radical (unpaired) electrons. The minimum Gasteiger partial charge on any atom is -0.493 e. The zero-order valence-corrected chi connectivity index (χ0v) is 12.2. The van der Waals surface area contributed by atoms with E-state index in [0.29, 0.717) is 30.2 Å². The fourth-order valence-electron chi connectivity index (χ4n) is 2.15. The van der Waals surface area contributed by atoms with Gasteiger partial charge in [0, 0.05) is 37.2 Å². The predicted octanol–water partition coefficient (Wildman–Crippen LogP) is 0.894. The largest absolute Gasteiger partial charge is 0.493 e. The Morgan fingerprint density at radius 3 is 2.71 bits per heavy atom. The number of nitrogens with two attached hydrogens (primary N) is 1. The van der Waals surface area contributed by atoms with E-state index in [-0.39, 0.29) is 12.5 Å². The third-order valence-corrected chi connectivity index (χ3v) is 3.41. The number of benzene rings is 1. The first-order chi connectivity index (χ1) is 10.2. The average molecular weight is 297 g/mol. The van der Waals surface area contributed by atoms with Crippen molar-refractivity contribution in [1.29, 1.82) is 0 Å². The van der Waals surface area contributed by atoms with Crippen molar-refractivity contribution in [2.75, 3.05) is 33.9 Å². The van der Waals surface area contributed by atoms with Gasteiger partial charge in [-0.2, -0.15) is 0 Å². The van der Waals surface area contributed by atoms with Gasteiger partial charge in [0.25, 0.3) is 0 Å². The van der Waals surface area contributed by atoms with Crippen LogP contribution in [0.15, 0.2) is 17.3 Å². The second kappa shape index (κ2) is 7.24. The molecule has 1 aromatic rings. The van der Waals surface area contributed by atoms with E-state index in [4.69, 9.17) is 20.0 Å². The Labute approximate surface area is 123 Å². The van der Waals surface area contributed by atoms with Crippen LogP contribution < -0.4 is 20.5 Å². The van der Waals surface area contributed by atoms with Crippen molar-refractivity contribution >= 4 is 5.71 Å². The minimum absolute atomic E-state index is 0.0208. The van der Waals surface area contributed by atoms with Crippen LogP contribution in [0.1, 0.15) is 5.56 Å². The number of hydrogen-bond donors (Lipinski definition) is 2. The van der Waals surface area contributed by atoms with Gasteiger partial charge in [-0.15, -0.1) is 0 Å². The Balaban J connectivity index is 2.04. The molecule has 3 N–H and O–H groups in total. The van der Waals surface area contributed by atoms with E-state index >= 15 is 0 Å². The van der Waals surface area contributed by atoms with Gasteiger partial charge >= 0.3 is 0 Å². The van der Waals surface area contributed by atoms with Gasteiger partial charge in [0.2, 0.25) is 0 Å². The quantitative estimate of drug-likeness (QED) is 0.763.